The van der Waals surface area contributed by atoms with E-state index >= 15 is 0 Å². The van der Waals surface area contributed by atoms with Crippen LogP contribution in [0.2, 0.25) is 0 Å². The maximum Gasteiger partial charge on any atom is 0.258 e. The Morgan fingerprint density at radius 3 is 2.50 bits per heavy atom. The van der Waals surface area contributed by atoms with Gasteiger partial charge in [-0.05, 0) is 56.2 Å². The molecule has 2 aromatic heterocycles. The first kappa shape index (κ1) is 14.3. The molecule has 4 heteroatoms. The van der Waals surface area contributed by atoms with Gasteiger partial charge in [-0.15, -0.1) is 0 Å². The van der Waals surface area contributed by atoms with Crippen LogP contribution in [0.15, 0.2) is 47.3 Å². The summed E-state index contributed by atoms with van der Waals surface area (Å²) in [5, 5.41) is 0. The van der Waals surface area contributed by atoms with Crippen LogP contribution in [0, 0.1) is 20.8 Å². The highest BCUT2D eigenvalue weighted by molar-refractivity contribution is 5.40. The van der Waals surface area contributed by atoms with E-state index in [1.54, 1.807) is 4.40 Å². The molecule has 112 valence electrons. The first-order chi connectivity index (χ1) is 10.5. The summed E-state index contributed by atoms with van der Waals surface area (Å²) in [5.41, 5.74) is 4.37. The number of benzene rings is 1. The molecule has 0 radical (unpaired) electrons. The second-order valence-corrected chi connectivity index (χ2v) is 5.56. The lowest BCUT2D eigenvalue weighted by molar-refractivity contribution is 0.301. The Hall–Kier alpha value is -2.62. The molecule has 0 N–H and O–H groups in total. The average Bonchev–Trinajstić information content (AvgIpc) is 2.44. The van der Waals surface area contributed by atoms with Crippen molar-refractivity contribution < 1.29 is 4.74 Å². The van der Waals surface area contributed by atoms with Gasteiger partial charge in [-0.25, -0.2) is 4.98 Å². The van der Waals surface area contributed by atoms with Crippen LogP contribution in [-0.2, 0) is 6.61 Å². The van der Waals surface area contributed by atoms with Crippen LogP contribution in [0.4, 0.5) is 0 Å². The van der Waals surface area contributed by atoms with E-state index in [-0.39, 0.29) is 12.2 Å². The summed E-state index contributed by atoms with van der Waals surface area (Å²) in [5.74, 6) is 0.795. The molecular weight excluding hydrogens is 276 g/mol. The van der Waals surface area contributed by atoms with Crippen molar-refractivity contribution in [1.29, 1.82) is 0 Å². The van der Waals surface area contributed by atoms with Crippen molar-refractivity contribution in [2.45, 2.75) is 27.4 Å². The van der Waals surface area contributed by atoms with E-state index in [0.717, 1.165) is 22.6 Å². The number of hydrogen-bond donors (Lipinski definition) is 0. The van der Waals surface area contributed by atoms with Crippen molar-refractivity contribution in [3.8, 4) is 5.75 Å². The summed E-state index contributed by atoms with van der Waals surface area (Å²) in [6, 6.07) is 13.2. The van der Waals surface area contributed by atoms with Gasteiger partial charge >= 0.3 is 0 Å². The Morgan fingerprint density at radius 1 is 1.05 bits per heavy atom. The molecule has 0 spiro atoms. The van der Waals surface area contributed by atoms with Crippen LogP contribution in [0.3, 0.4) is 0 Å². The zero-order valence-electron chi connectivity index (χ0n) is 13.0. The maximum atomic E-state index is 12.2. The Balaban J connectivity index is 1.90. The highest BCUT2D eigenvalue weighted by Crippen LogP contribution is 2.17. The Bertz CT molecular complexity index is 877. The SMILES string of the molecule is Cc1cc(C)cc(OCc2cc(=O)n3c(C)cccc3n2)c1. The molecule has 0 amide bonds. The summed E-state index contributed by atoms with van der Waals surface area (Å²) in [4.78, 5) is 16.7. The monoisotopic (exact) mass is 294 g/mol. The highest BCUT2D eigenvalue weighted by Gasteiger charge is 2.05. The van der Waals surface area contributed by atoms with Crippen LogP contribution in [0.1, 0.15) is 22.5 Å². The molecule has 0 saturated carbocycles. The van der Waals surface area contributed by atoms with Gasteiger partial charge in [0.2, 0.25) is 0 Å². The minimum absolute atomic E-state index is 0.0814. The van der Waals surface area contributed by atoms with E-state index in [9.17, 15) is 4.79 Å². The van der Waals surface area contributed by atoms with Crippen molar-refractivity contribution in [3.63, 3.8) is 0 Å². The lowest BCUT2D eigenvalue weighted by Crippen LogP contribution is -2.18. The number of pyridine rings is 1. The molecule has 0 aliphatic heterocycles. The molecule has 0 fully saturated rings. The first-order valence-corrected chi connectivity index (χ1v) is 7.22. The molecule has 0 aliphatic rings. The van der Waals surface area contributed by atoms with Gasteiger partial charge in [0.05, 0.1) is 5.69 Å². The maximum absolute atomic E-state index is 12.2. The second kappa shape index (κ2) is 5.64. The molecule has 1 aromatic carbocycles. The lowest BCUT2D eigenvalue weighted by Gasteiger charge is -2.09. The molecule has 2 heterocycles. The number of rotatable bonds is 3. The number of nitrogens with zero attached hydrogens (tertiary/aromatic N) is 2. The van der Waals surface area contributed by atoms with E-state index in [1.807, 2.05) is 51.1 Å². The molecule has 0 atom stereocenters. The molecule has 22 heavy (non-hydrogen) atoms. The van der Waals surface area contributed by atoms with Crippen LogP contribution in [0.25, 0.3) is 5.65 Å². The van der Waals surface area contributed by atoms with Gasteiger partial charge in [-0.1, -0.05) is 12.1 Å². The summed E-state index contributed by atoms with van der Waals surface area (Å²) in [6.45, 7) is 6.23. The van der Waals surface area contributed by atoms with Gasteiger partial charge in [0.15, 0.2) is 0 Å². The fraction of sp³-hybridized carbons (Fsp3) is 0.222. The fourth-order valence-electron chi connectivity index (χ4n) is 2.61. The zero-order chi connectivity index (χ0) is 15.7. The predicted molar refractivity (Wildman–Crippen MR) is 86.4 cm³/mol. The van der Waals surface area contributed by atoms with Gasteiger partial charge < -0.3 is 4.74 Å². The number of aromatic nitrogens is 2. The van der Waals surface area contributed by atoms with E-state index in [0.29, 0.717) is 11.3 Å². The fourth-order valence-corrected chi connectivity index (χ4v) is 2.61. The first-order valence-electron chi connectivity index (χ1n) is 7.22. The quantitative estimate of drug-likeness (QED) is 0.745. The number of fused-ring (bicyclic) bond motifs is 1. The van der Waals surface area contributed by atoms with E-state index in [1.165, 1.54) is 6.07 Å². The van der Waals surface area contributed by atoms with Crippen LogP contribution in [-0.4, -0.2) is 9.38 Å². The predicted octanol–water partition coefficient (Wildman–Crippen LogP) is 3.20. The Labute approximate surface area is 129 Å². The third kappa shape index (κ3) is 2.86. The van der Waals surface area contributed by atoms with Crippen molar-refractivity contribution in [2.75, 3.05) is 0 Å². The highest BCUT2D eigenvalue weighted by atomic mass is 16.5. The summed E-state index contributed by atoms with van der Waals surface area (Å²) in [7, 11) is 0. The molecule has 0 aliphatic carbocycles. The molecule has 3 rings (SSSR count). The van der Waals surface area contributed by atoms with Crippen LogP contribution < -0.4 is 10.3 Å². The van der Waals surface area contributed by atoms with Gasteiger partial charge in [-0.2, -0.15) is 0 Å². The summed E-state index contributed by atoms with van der Waals surface area (Å²) in [6.07, 6.45) is 0. The Morgan fingerprint density at radius 2 is 1.77 bits per heavy atom. The normalized spacial score (nSPS) is 10.9. The van der Waals surface area contributed by atoms with Crippen LogP contribution in [0.5, 0.6) is 5.75 Å². The third-order valence-corrected chi connectivity index (χ3v) is 3.52. The molecule has 3 aromatic rings. The second-order valence-electron chi connectivity index (χ2n) is 5.56. The van der Waals surface area contributed by atoms with Gasteiger partial charge in [0.25, 0.3) is 5.56 Å². The summed E-state index contributed by atoms with van der Waals surface area (Å²) < 4.78 is 7.37. The van der Waals surface area contributed by atoms with Gasteiger partial charge in [-0.3, -0.25) is 9.20 Å². The molecular formula is C18H18N2O2. The van der Waals surface area contributed by atoms with Crippen molar-refractivity contribution in [2.24, 2.45) is 0 Å². The van der Waals surface area contributed by atoms with Crippen LogP contribution >= 0.6 is 0 Å². The number of hydrogen-bond acceptors (Lipinski definition) is 3. The average molecular weight is 294 g/mol. The van der Waals surface area contributed by atoms with Gasteiger partial charge in [0.1, 0.15) is 18.0 Å². The topological polar surface area (TPSA) is 43.6 Å². The number of aryl methyl sites for hydroxylation is 3. The minimum atomic E-state index is -0.0814. The van der Waals surface area contributed by atoms with E-state index < -0.39 is 0 Å². The molecule has 0 saturated heterocycles. The summed E-state index contributed by atoms with van der Waals surface area (Å²) >= 11 is 0. The minimum Gasteiger partial charge on any atom is -0.487 e. The lowest BCUT2D eigenvalue weighted by atomic mass is 10.1. The van der Waals surface area contributed by atoms with E-state index in [2.05, 4.69) is 11.1 Å². The van der Waals surface area contributed by atoms with E-state index in [4.69, 9.17) is 4.74 Å². The molecule has 0 unspecified atom stereocenters. The standard InChI is InChI=1S/C18H18N2O2/c1-12-7-13(2)9-16(8-12)22-11-15-10-18(21)20-14(3)5-4-6-17(20)19-15/h4-10H,11H2,1-3H3. The van der Waals surface area contributed by atoms with Crippen molar-refractivity contribution in [1.82, 2.24) is 9.38 Å². The smallest absolute Gasteiger partial charge is 0.258 e. The Kier molecular flexibility index (Phi) is 3.67. The zero-order valence-corrected chi connectivity index (χ0v) is 13.0. The molecule has 0 bridgehead atoms. The van der Waals surface area contributed by atoms with Gasteiger partial charge in [0, 0.05) is 11.8 Å². The van der Waals surface area contributed by atoms with Crippen molar-refractivity contribution in [3.05, 3.63) is 75.3 Å². The molecule has 4 nitrogen and oxygen atoms in total. The van der Waals surface area contributed by atoms with Crippen molar-refractivity contribution >= 4 is 5.65 Å². The number of ether oxygens (including phenoxy) is 1. The third-order valence-electron chi connectivity index (χ3n) is 3.52. The largest absolute Gasteiger partial charge is 0.487 e.